The number of nitrogens with two attached hydrogens (primary N) is 1. The molecule has 1 aromatic carbocycles. The molecule has 0 aliphatic carbocycles. The van der Waals surface area contributed by atoms with Crippen LogP contribution < -0.4 is 5.73 Å². The Morgan fingerprint density at radius 1 is 1.46 bits per heavy atom. The molecule has 72 valence electrons. The molecule has 0 fully saturated rings. The van der Waals surface area contributed by atoms with E-state index < -0.39 is 5.54 Å². The van der Waals surface area contributed by atoms with Gasteiger partial charge in [0.15, 0.2) is 0 Å². The molecule has 1 atom stereocenters. The van der Waals surface area contributed by atoms with Crippen LogP contribution in [0.3, 0.4) is 0 Å². The summed E-state index contributed by atoms with van der Waals surface area (Å²) in [5, 5.41) is 9.68. The van der Waals surface area contributed by atoms with Crippen LogP contribution in [-0.4, -0.2) is 17.3 Å². The molecule has 1 rings (SSSR count). The first-order valence-electron chi connectivity index (χ1n) is 4.18. The van der Waals surface area contributed by atoms with Crippen molar-refractivity contribution in [3.05, 3.63) is 34.9 Å². The van der Waals surface area contributed by atoms with Crippen LogP contribution >= 0.6 is 11.6 Å². The molecule has 13 heavy (non-hydrogen) atoms. The molecule has 1 unspecified atom stereocenters. The third-order valence-corrected chi connectivity index (χ3v) is 2.28. The van der Waals surface area contributed by atoms with Gasteiger partial charge < -0.3 is 10.8 Å². The molecule has 3 heteroatoms. The van der Waals surface area contributed by atoms with Crippen molar-refractivity contribution in [3.63, 3.8) is 0 Å². The fourth-order valence-corrected chi connectivity index (χ4v) is 1.34. The van der Waals surface area contributed by atoms with Gasteiger partial charge in [-0.25, -0.2) is 0 Å². The number of halogens is 1. The van der Waals surface area contributed by atoms with Crippen molar-refractivity contribution >= 4 is 11.6 Å². The largest absolute Gasteiger partial charge is 0.394 e. The Morgan fingerprint density at radius 2 is 2.08 bits per heavy atom. The van der Waals surface area contributed by atoms with Gasteiger partial charge in [-0.05, 0) is 25.0 Å². The molecule has 0 amide bonds. The number of hydrogen-bond acceptors (Lipinski definition) is 2. The topological polar surface area (TPSA) is 46.2 Å². The minimum atomic E-state index is -0.592. The number of rotatable bonds is 3. The van der Waals surface area contributed by atoms with E-state index in [9.17, 15) is 0 Å². The van der Waals surface area contributed by atoms with Gasteiger partial charge in [-0.2, -0.15) is 0 Å². The van der Waals surface area contributed by atoms with Gasteiger partial charge in [-0.3, -0.25) is 0 Å². The van der Waals surface area contributed by atoms with Crippen molar-refractivity contribution in [1.82, 2.24) is 0 Å². The highest BCUT2D eigenvalue weighted by Gasteiger charge is 2.18. The lowest BCUT2D eigenvalue weighted by atomic mass is 9.95. The van der Waals surface area contributed by atoms with E-state index in [1.807, 2.05) is 24.3 Å². The van der Waals surface area contributed by atoms with Crippen LogP contribution in [0.2, 0.25) is 5.02 Å². The second-order valence-electron chi connectivity index (χ2n) is 3.58. The number of aliphatic hydroxyl groups is 1. The van der Waals surface area contributed by atoms with E-state index in [0.717, 1.165) is 5.56 Å². The first-order valence-corrected chi connectivity index (χ1v) is 4.56. The van der Waals surface area contributed by atoms with Crippen LogP contribution in [0.25, 0.3) is 0 Å². The van der Waals surface area contributed by atoms with E-state index in [4.69, 9.17) is 22.4 Å². The number of benzene rings is 1. The van der Waals surface area contributed by atoms with Crippen molar-refractivity contribution < 1.29 is 5.11 Å². The SMILES string of the molecule is CC(N)(CO)Cc1ccccc1Cl. The van der Waals surface area contributed by atoms with Crippen LogP contribution in [0.5, 0.6) is 0 Å². The Labute approximate surface area is 83.3 Å². The van der Waals surface area contributed by atoms with E-state index in [2.05, 4.69) is 0 Å². The summed E-state index contributed by atoms with van der Waals surface area (Å²) in [4.78, 5) is 0. The van der Waals surface area contributed by atoms with Crippen molar-refractivity contribution in [2.24, 2.45) is 5.73 Å². The maximum Gasteiger partial charge on any atom is 0.0611 e. The lowest BCUT2D eigenvalue weighted by Gasteiger charge is -2.22. The summed E-state index contributed by atoms with van der Waals surface area (Å²) < 4.78 is 0. The highest BCUT2D eigenvalue weighted by Crippen LogP contribution is 2.19. The Morgan fingerprint density at radius 3 is 2.62 bits per heavy atom. The standard InChI is InChI=1S/C10H14ClNO/c1-10(12,7-13)6-8-4-2-3-5-9(8)11/h2-5,13H,6-7,12H2,1H3. The Hall–Kier alpha value is -0.570. The summed E-state index contributed by atoms with van der Waals surface area (Å²) in [5.74, 6) is 0. The van der Waals surface area contributed by atoms with Crippen LogP contribution in [0.4, 0.5) is 0 Å². The highest BCUT2D eigenvalue weighted by atomic mass is 35.5. The number of hydrogen-bond donors (Lipinski definition) is 2. The minimum Gasteiger partial charge on any atom is -0.394 e. The number of aliphatic hydroxyl groups excluding tert-OH is 1. The van der Waals surface area contributed by atoms with Gasteiger partial charge in [0.2, 0.25) is 0 Å². The minimum absolute atomic E-state index is 0.0434. The second-order valence-corrected chi connectivity index (χ2v) is 3.99. The lowest BCUT2D eigenvalue weighted by Crippen LogP contribution is -2.42. The molecule has 0 spiro atoms. The molecule has 0 aliphatic rings. The summed E-state index contributed by atoms with van der Waals surface area (Å²) in [6.45, 7) is 1.76. The summed E-state index contributed by atoms with van der Waals surface area (Å²) >= 11 is 5.95. The van der Waals surface area contributed by atoms with Crippen LogP contribution in [0, 0.1) is 0 Å². The summed E-state index contributed by atoms with van der Waals surface area (Å²) in [7, 11) is 0. The van der Waals surface area contributed by atoms with Crippen LogP contribution in [0.1, 0.15) is 12.5 Å². The average Bonchev–Trinajstić information content (AvgIpc) is 2.09. The lowest BCUT2D eigenvalue weighted by molar-refractivity contribution is 0.208. The Kier molecular flexibility index (Phi) is 3.31. The van der Waals surface area contributed by atoms with Crippen LogP contribution in [-0.2, 0) is 6.42 Å². The van der Waals surface area contributed by atoms with Gasteiger partial charge in [0.1, 0.15) is 0 Å². The molecule has 0 radical (unpaired) electrons. The summed E-state index contributed by atoms with van der Waals surface area (Å²) in [6, 6.07) is 7.53. The molecule has 0 aromatic heterocycles. The van der Waals surface area contributed by atoms with Crippen molar-refractivity contribution in [1.29, 1.82) is 0 Å². The monoisotopic (exact) mass is 199 g/mol. The van der Waals surface area contributed by atoms with Gasteiger partial charge in [0.25, 0.3) is 0 Å². The van der Waals surface area contributed by atoms with E-state index in [1.165, 1.54) is 0 Å². The molecule has 0 heterocycles. The zero-order chi connectivity index (χ0) is 9.90. The van der Waals surface area contributed by atoms with Crippen LogP contribution in [0.15, 0.2) is 24.3 Å². The van der Waals surface area contributed by atoms with E-state index in [1.54, 1.807) is 6.92 Å². The normalized spacial score (nSPS) is 15.4. The van der Waals surface area contributed by atoms with Gasteiger partial charge >= 0.3 is 0 Å². The van der Waals surface area contributed by atoms with E-state index in [-0.39, 0.29) is 6.61 Å². The van der Waals surface area contributed by atoms with Crippen molar-refractivity contribution in [3.8, 4) is 0 Å². The first-order chi connectivity index (χ1) is 6.05. The molecule has 0 saturated carbocycles. The van der Waals surface area contributed by atoms with Gasteiger partial charge in [-0.15, -0.1) is 0 Å². The third-order valence-electron chi connectivity index (χ3n) is 1.91. The molecular formula is C10H14ClNO. The molecule has 2 nitrogen and oxygen atoms in total. The molecule has 3 N–H and O–H groups in total. The second kappa shape index (κ2) is 4.09. The van der Waals surface area contributed by atoms with E-state index in [0.29, 0.717) is 11.4 Å². The predicted octanol–water partition coefficient (Wildman–Crippen LogP) is 1.59. The van der Waals surface area contributed by atoms with Gasteiger partial charge in [0, 0.05) is 10.6 Å². The zero-order valence-electron chi connectivity index (χ0n) is 7.63. The maximum atomic E-state index is 8.98. The Bertz CT molecular complexity index is 286. The quantitative estimate of drug-likeness (QED) is 0.777. The third kappa shape index (κ3) is 2.99. The molecule has 0 bridgehead atoms. The predicted molar refractivity (Wildman–Crippen MR) is 54.8 cm³/mol. The molecule has 0 aliphatic heterocycles. The Balaban J connectivity index is 2.80. The maximum absolute atomic E-state index is 8.98. The summed E-state index contributed by atoms with van der Waals surface area (Å²) in [6.07, 6.45) is 0.586. The molecule has 1 aromatic rings. The smallest absolute Gasteiger partial charge is 0.0611 e. The van der Waals surface area contributed by atoms with Gasteiger partial charge in [0.05, 0.1) is 6.61 Å². The molecule has 0 saturated heterocycles. The molecular weight excluding hydrogens is 186 g/mol. The fourth-order valence-electron chi connectivity index (χ4n) is 1.13. The highest BCUT2D eigenvalue weighted by molar-refractivity contribution is 6.31. The van der Waals surface area contributed by atoms with Gasteiger partial charge in [-0.1, -0.05) is 29.8 Å². The zero-order valence-corrected chi connectivity index (χ0v) is 8.38. The summed E-state index contributed by atoms with van der Waals surface area (Å²) in [5.41, 5.74) is 6.19. The van der Waals surface area contributed by atoms with Crippen molar-refractivity contribution in [2.45, 2.75) is 18.9 Å². The fraction of sp³-hybridized carbons (Fsp3) is 0.400. The average molecular weight is 200 g/mol. The van der Waals surface area contributed by atoms with Crippen molar-refractivity contribution in [2.75, 3.05) is 6.61 Å². The first kappa shape index (κ1) is 10.5. The van der Waals surface area contributed by atoms with E-state index >= 15 is 0 Å².